The van der Waals surface area contributed by atoms with Crippen molar-refractivity contribution in [3.05, 3.63) is 59.2 Å². The summed E-state index contributed by atoms with van der Waals surface area (Å²) in [6, 6.07) is 13.2. The molecular formula is C16H18N2O. The molecule has 0 unspecified atom stereocenters. The molecule has 2 aromatic carbocycles. The van der Waals surface area contributed by atoms with Gasteiger partial charge in [-0.05, 0) is 48.7 Å². The molecule has 0 aliphatic carbocycles. The fourth-order valence-electron chi connectivity index (χ4n) is 1.85. The van der Waals surface area contributed by atoms with Crippen LogP contribution in [0.2, 0.25) is 0 Å². The number of nitrogens with one attached hydrogen (secondary N) is 1. The quantitative estimate of drug-likeness (QED) is 0.825. The van der Waals surface area contributed by atoms with Gasteiger partial charge in [0.25, 0.3) is 5.91 Å². The van der Waals surface area contributed by atoms with Crippen LogP contribution in [-0.4, -0.2) is 5.91 Å². The van der Waals surface area contributed by atoms with Gasteiger partial charge in [0.2, 0.25) is 0 Å². The molecule has 2 rings (SSSR count). The highest BCUT2D eigenvalue weighted by molar-refractivity contribution is 6.04. The normalized spacial score (nSPS) is 10.2. The maximum atomic E-state index is 12.1. The lowest BCUT2D eigenvalue weighted by atomic mass is 10.1. The van der Waals surface area contributed by atoms with Gasteiger partial charge in [-0.3, -0.25) is 4.79 Å². The molecule has 3 heteroatoms. The number of hydrogen-bond acceptors (Lipinski definition) is 2. The molecule has 0 radical (unpaired) electrons. The molecule has 0 aromatic heterocycles. The van der Waals surface area contributed by atoms with Crippen LogP contribution in [0.5, 0.6) is 0 Å². The lowest BCUT2D eigenvalue weighted by molar-refractivity contribution is 0.102. The molecular weight excluding hydrogens is 236 g/mol. The highest BCUT2D eigenvalue weighted by atomic mass is 16.1. The molecule has 0 fully saturated rings. The Balaban J connectivity index is 2.18. The van der Waals surface area contributed by atoms with Gasteiger partial charge in [0.1, 0.15) is 0 Å². The van der Waals surface area contributed by atoms with Crippen molar-refractivity contribution in [2.45, 2.75) is 20.3 Å². The summed E-state index contributed by atoms with van der Waals surface area (Å²) in [5.74, 6) is -0.139. The maximum absolute atomic E-state index is 12.1. The second kappa shape index (κ2) is 5.57. The van der Waals surface area contributed by atoms with E-state index in [0.29, 0.717) is 11.3 Å². The molecule has 98 valence electrons. The van der Waals surface area contributed by atoms with Crippen LogP contribution in [0.25, 0.3) is 0 Å². The molecule has 0 aliphatic heterocycles. The van der Waals surface area contributed by atoms with Crippen molar-refractivity contribution < 1.29 is 4.79 Å². The smallest absolute Gasteiger partial charge is 0.255 e. The molecule has 0 atom stereocenters. The van der Waals surface area contributed by atoms with Gasteiger partial charge in [-0.2, -0.15) is 0 Å². The minimum atomic E-state index is -0.139. The van der Waals surface area contributed by atoms with Crippen LogP contribution >= 0.6 is 0 Å². The van der Waals surface area contributed by atoms with E-state index in [1.165, 1.54) is 5.56 Å². The maximum Gasteiger partial charge on any atom is 0.255 e. The van der Waals surface area contributed by atoms with E-state index < -0.39 is 0 Å². The first kappa shape index (κ1) is 13.1. The van der Waals surface area contributed by atoms with Crippen LogP contribution in [0, 0.1) is 6.92 Å². The summed E-state index contributed by atoms with van der Waals surface area (Å²) in [5, 5.41) is 2.89. The summed E-state index contributed by atoms with van der Waals surface area (Å²) >= 11 is 0. The Morgan fingerprint density at radius 1 is 1.21 bits per heavy atom. The fourth-order valence-corrected chi connectivity index (χ4v) is 1.85. The van der Waals surface area contributed by atoms with Crippen LogP contribution in [0.4, 0.5) is 11.4 Å². The van der Waals surface area contributed by atoms with Crippen molar-refractivity contribution in [1.82, 2.24) is 0 Å². The first-order chi connectivity index (χ1) is 9.10. The standard InChI is InChI=1S/C16H18N2O/c1-3-12-5-4-6-14(9-12)18-16(19)13-8-7-11(2)15(17)10-13/h4-10H,3,17H2,1-2H3,(H,18,19). The lowest BCUT2D eigenvalue weighted by Gasteiger charge is -2.08. The van der Waals surface area contributed by atoms with Gasteiger partial charge in [-0.25, -0.2) is 0 Å². The SMILES string of the molecule is CCc1cccc(NC(=O)c2ccc(C)c(N)c2)c1. The first-order valence-corrected chi connectivity index (χ1v) is 6.36. The molecule has 0 spiro atoms. The minimum Gasteiger partial charge on any atom is -0.398 e. The third-order valence-corrected chi connectivity index (χ3v) is 3.13. The van der Waals surface area contributed by atoms with Crippen molar-refractivity contribution in [3.8, 4) is 0 Å². The summed E-state index contributed by atoms with van der Waals surface area (Å²) in [6.07, 6.45) is 0.946. The Hall–Kier alpha value is -2.29. The van der Waals surface area contributed by atoms with Gasteiger partial charge < -0.3 is 11.1 Å². The Labute approximate surface area is 113 Å². The number of benzene rings is 2. The first-order valence-electron chi connectivity index (χ1n) is 6.36. The number of carbonyl (C=O) groups is 1. The van der Waals surface area contributed by atoms with Gasteiger partial charge >= 0.3 is 0 Å². The minimum absolute atomic E-state index is 0.139. The third kappa shape index (κ3) is 3.13. The molecule has 0 saturated carbocycles. The predicted octanol–water partition coefficient (Wildman–Crippen LogP) is 3.39. The van der Waals surface area contributed by atoms with Gasteiger partial charge in [0.05, 0.1) is 0 Å². The summed E-state index contributed by atoms with van der Waals surface area (Å²) in [6.45, 7) is 4.00. The molecule has 0 saturated heterocycles. The van der Waals surface area contributed by atoms with E-state index in [2.05, 4.69) is 12.2 Å². The number of amides is 1. The fraction of sp³-hybridized carbons (Fsp3) is 0.188. The predicted molar refractivity (Wildman–Crippen MR) is 79.4 cm³/mol. The Kier molecular flexibility index (Phi) is 3.85. The summed E-state index contributed by atoms with van der Waals surface area (Å²) < 4.78 is 0. The van der Waals surface area contributed by atoms with Crippen LogP contribution in [-0.2, 0) is 6.42 Å². The molecule has 0 heterocycles. The molecule has 3 N–H and O–H groups in total. The highest BCUT2D eigenvalue weighted by Gasteiger charge is 2.07. The molecule has 0 aliphatic rings. The zero-order valence-electron chi connectivity index (χ0n) is 11.2. The monoisotopic (exact) mass is 254 g/mol. The van der Waals surface area contributed by atoms with E-state index in [1.54, 1.807) is 12.1 Å². The number of anilines is 2. The number of nitrogens with two attached hydrogens (primary N) is 1. The third-order valence-electron chi connectivity index (χ3n) is 3.13. The second-order valence-corrected chi connectivity index (χ2v) is 4.58. The van der Waals surface area contributed by atoms with Crippen molar-refractivity contribution in [1.29, 1.82) is 0 Å². The van der Waals surface area contributed by atoms with Gasteiger partial charge in [0.15, 0.2) is 0 Å². The number of carbonyl (C=O) groups excluding carboxylic acids is 1. The van der Waals surface area contributed by atoms with E-state index in [0.717, 1.165) is 17.7 Å². The largest absolute Gasteiger partial charge is 0.398 e. The van der Waals surface area contributed by atoms with E-state index in [-0.39, 0.29) is 5.91 Å². The van der Waals surface area contributed by atoms with Crippen LogP contribution in [0.3, 0.4) is 0 Å². The lowest BCUT2D eigenvalue weighted by Crippen LogP contribution is -2.12. The van der Waals surface area contributed by atoms with Gasteiger partial charge in [-0.15, -0.1) is 0 Å². The summed E-state index contributed by atoms with van der Waals surface area (Å²) in [7, 11) is 0. The molecule has 19 heavy (non-hydrogen) atoms. The average molecular weight is 254 g/mol. The average Bonchev–Trinajstić information content (AvgIpc) is 2.42. The van der Waals surface area contributed by atoms with Crippen molar-refractivity contribution >= 4 is 17.3 Å². The van der Waals surface area contributed by atoms with Crippen molar-refractivity contribution in [2.24, 2.45) is 0 Å². The van der Waals surface area contributed by atoms with Crippen LogP contribution < -0.4 is 11.1 Å². The van der Waals surface area contributed by atoms with E-state index in [9.17, 15) is 4.79 Å². The van der Waals surface area contributed by atoms with Gasteiger partial charge in [-0.1, -0.05) is 25.1 Å². The number of hydrogen-bond donors (Lipinski definition) is 2. The number of rotatable bonds is 3. The Bertz CT molecular complexity index is 605. The topological polar surface area (TPSA) is 55.1 Å². The summed E-state index contributed by atoms with van der Waals surface area (Å²) in [4.78, 5) is 12.1. The van der Waals surface area contributed by atoms with Gasteiger partial charge in [0, 0.05) is 16.9 Å². The number of aryl methyl sites for hydroxylation is 2. The van der Waals surface area contributed by atoms with E-state index in [1.807, 2.05) is 37.3 Å². The molecule has 1 amide bonds. The molecule has 0 bridgehead atoms. The van der Waals surface area contributed by atoms with E-state index in [4.69, 9.17) is 5.73 Å². The Morgan fingerprint density at radius 3 is 2.68 bits per heavy atom. The van der Waals surface area contributed by atoms with E-state index >= 15 is 0 Å². The molecule has 2 aromatic rings. The van der Waals surface area contributed by atoms with Crippen LogP contribution in [0.1, 0.15) is 28.4 Å². The number of nitrogen functional groups attached to an aromatic ring is 1. The zero-order valence-corrected chi connectivity index (χ0v) is 11.2. The zero-order chi connectivity index (χ0) is 13.8. The van der Waals surface area contributed by atoms with Crippen molar-refractivity contribution in [2.75, 3.05) is 11.1 Å². The van der Waals surface area contributed by atoms with Crippen molar-refractivity contribution in [3.63, 3.8) is 0 Å². The summed E-state index contributed by atoms with van der Waals surface area (Å²) in [5.41, 5.74) is 10.0. The highest BCUT2D eigenvalue weighted by Crippen LogP contribution is 2.16. The second-order valence-electron chi connectivity index (χ2n) is 4.58. The van der Waals surface area contributed by atoms with Crippen LogP contribution in [0.15, 0.2) is 42.5 Å². The Morgan fingerprint density at radius 2 is 2.00 bits per heavy atom. The molecule has 3 nitrogen and oxygen atoms in total.